The van der Waals surface area contributed by atoms with Gasteiger partial charge >= 0.3 is 6.18 Å². The highest BCUT2D eigenvalue weighted by atomic mass is 79.9. The third-order valence-corrected chi connectivity index (χ3v) is 6.59. The fraction of sp³-hybridized carbons (Fsp3) is 0.600. The minimum Gasteiger partial charge on any atom is -0.598 e. The Hall–Kier alpha value is -0.700. The van der Waals surface area contributed by atoms with Crippen LogP contribution in [-0.2, 0) is 24.1 Å². The summed E-state index contributed by atoms with van der Waals surface area (Å²) in [5.74, 6) is 0. The van der Waals surface area contributed by atoms with E-state index in [4.69, 9.17) is 0 Å². The molecule has 2 aromatic rings. The highest BCUT2D eigenvalue weighted by Crippen LogP contribution is 2.40. The number of alkyl halides is 3. The molecule has 0 radical (unpaired) electrons. The first-order chi connectivity index (χ1) is 12.5. The van der Waals surface area contributed by atoms with Crippen LogP contribution >= 0.6 is 15.9 Å². The van der Waals surface area contributed by atoms with E-state index < -0.39 is 27.8 Å². The smallest absolute Gasteiger partial charge is 0.417 e. The van der Waals surface area contributed by atoms with Crippen LogP contribution in [0, 0.1) is 5.41 Å². The third-order valence-electron chi connectivity index (χ3n) is 4.26. The molecule has 0 bridgehead atoms. The highest BCUT2D eigenvalue weighted by molar-refractivity contribution is 9.10. The molecule has 0 aliphatic carbocycles. The molecule has 0 fully saturated rings. The summed E-state index contributed by atoms with van der Waals surface area (Å²) in [5.41, 5.74) is 0.664. The molecule has 0 saturated heterocycles. The fourth-order valence-corrected chi connectivity index (χ4v) is 4.30. The molecule has 8 heteroatoms. The molecule has 3 nitrogen and oxygen atoms in total. The minimum atomic E-state index is -4.46. The predicted octanol–water partition coefficient (Wildman–Crippen LogP) is 6.58. The lowest BCUT2D eigenvalue weighted by molar-refractivity contribution is -0.138. The Bertz CT molecular complexity index is 850. The second-order valence-electron chi connectivity index (χ2n) is 9.34. The molecule has 1 aromatic carbocycles. The molecule has 0 aliphatic heterocycles. The van der Waals surface area contributed by atoms with Gasteiger partial charge in [0, 0.05) is 39.5 Å². The zero-order chi connectivity index (χ0) is 21.7. The van der Waals surface area contributed by atoms with Gasteiger partial charge in [-0.05, 0) is 50.8 Å². The van der Waals surface area contributed by atoms with Gasteiger partial charge in [0.25, 0.3) is 0 Å². The molecule has 0 spiro atoms. The Morgan fingerprint density at radius 1 is 1.14 bits per heavy atom. The van der Waals surface area contributed by atoms with E-state index in [1.165, 1.54) is 12.1 Å². The van der Waals surface area contributed by atoms with Gasteiger partial charge in [-0.25, -0.2) is 0 Å². The van der Waals surface area contributed by atoms with E-state index in [1.54, 1.807) is 0 Å². The van der Waals surface area contributed by atoms with Crippen molar-refractivity contribution in [1.29, 1.82) is 0 Å². The molecule has 0 aliphatic rings. The van der Waals surface area contributed by atoms with E-state index in [2.05, 4.69) is 41.4 Å². The normalized spacial score (nSPS) is 15.9. The molecule has 1 unspecified atom stereocenters. The van der Waals surface area contributed by atoms with Gasteiger partial charge in [0.1, 0.15) is 4.75 Å². The summed E-state index contributed by atoms with van der Waals surface area (Å²) >= 11 is 1.74. The maximum absolute atomic E-state index is 13.5. The van der Waals surface area contributed by atoms with Crippen LogP contribution in [0.2, 0.25) is 0 Å². The average molecular weight is 481 g/mol. The minimum absolute atomic E-state index is 0.0196. The summed E-state index contributed by atoms with van der Waals surface area (Å²) in [5, 5.41) is 0.519. The van der Waals surface area contributed by atoms with Crippen molar-refractivity contribution in [2.75, 3.05) is 0 Å². The Morgan fingerprint density at radius 3 is 2.18 bits per heavy atom. The standard InChI is InChI=1S/C20H28BrF3N2OS/c1-12(25-28(27)19(5,6)7)14-10-26(11-18(2,3)4)17-9-16(21)15(8-13(14)17)20(22,23)24/h8-10,12,25H,11H2,1-7H3/t12-,28?/m1/s1. The number of halogens is 4. The summed E-state index contributed by atoms with van der Waals surface area (Å²) < 4.78 is 57.4. The molecule has 2 rings (SSSR count). The first kappa shape index (κ1) is 23.6. The maximum Gasteiger partial charge on any atom is 0.417 e. The van der Waals surface area contributed by atoms with Gasteiger partial charge in [-0.15, -0.1) is 4.72 Å². The van der Waals surface area contributed by atoms with Gasteiger partial charge in [-0.1, -0.05) is 36.7 Å². The van der Waals surface area contributed by atoms with Gasteiger partial charge in [0.05, 0.1) is 11.6 Å². The summed E-state index contributed by atoms with van der Waals surface area (Å²) in [6.07, 6.45) is -2.58. The number of nitrogens with zero attached hydrogens (tertiary/aromatic N) is 1. The zero-order valence-corrected chi connectivity index (χ0v) is 19.7. The van der Waals surface area contributed by atoms with E-state index in [9.17, 15) is 17.7 Å². The largest absolute Gasteiger partial charge is 0.598 e. The van der Waals surface area contributed by atoms with Crippen LogP contribution in [0.1, 0.15) is 65.6 Å². The van der Waals surface area contributed by atoms with E-state index >= 15 is 0 Å². The van der Waals surface area contributed by atoms with Crippen molar-refractivity contribution >= 4 is 38.2 Å². The number of rotatable bonds is 4. The predicted molar refractivity (Wildman–Crippen MR) is 114 cm³/mol. The molecular formula is C20H28BrF3N2OS. The van der Waals surface area contributed by atoms with Crippen LogP contribution in [-0.4, -0.2) is 13.9 Å². The van der Waals surface area contributed by atoms with Crippen molar-refractivity contribution in [3.63, 3.8) is 0 Å². The number of benzene rings is 1. The third kappa shape index (κ3) is 5.46. The Kier molecular flexibility index (Phi) is 6.61. The summed E-state index contributed by atoms with van der Waals surface area (Å²) in [7, 11) is 0. The van der Waals surface area contributed by atoms with Gasteiger partial charge in [-0.2, -0.15) is 13.2 Å². The number of hydrogen-bond acceptors (Lipinski definition) is 2. The monoisotopic (exact) mass is 480 g/mol. The van der Waals surface area contributed by atoms with Gasteiger partial charge in [0.2, 0.25) is 0 Å². The van der Waals surface area contributed by atoms with E-state index in [-0.39, 0.29) is 15.9 Å². The summed E-state index contributed by atoms with van der Waals surface area (Å²) in [6, 6.07) is 2.35. The van der Waals surface area contributed by atoms with Crippen LogP contribution in [0.15, 0.2) is 22.8 Å². The topological polar surface area (TPSA) is 40.0 Å². The van der Waals surface area contributed by atoms with Gasteiger partial charge in [0.15, 0.2) is 0 Å². The van der Waals surface area contributed by atoms with Crippen molar-refractivity contribution in [2.45, 2.75) is 72.0 Å². The molecule has 28 heavy (non-hydrogen) atoms. The summed E-state index contributed by atoms with van der Waals surface area (Å²) in [4.78, 5) is 0. The van der Waals surface area contributed by atoms with E-state index in [1.807, 2.05) is 38.5 Å². The van der Waals surface area contributed by atoms with Crippen molar-refractivity contribution < 1.29 is 17.7 Å². The fourth-order valence-electron chi connectivity index (χ4n) is 2.94. The summed E-state index contributed by atoms with van der Waals surface area (Å²) in [6.45, 7) is 14.3. The van der Waals surface area contributed by atoms with Crippen LogP contribution < -0.4 is 4.72 Å². The maximum atomic E-state index is 13.5. The lowest BCUT2D eigenvalue weighted by Crippen LogP contribution is -2.40. The number of hydrogen-bond donors (Lipinski definition) is 1. The number of fused-ring (bicyclic) bond motifs is 1. The van der Waals surface area contributed by atoms with Crippen molar-refractivity contribution in [1.82, 2.24) is 9.29 Å². The van der Waals surface area contributed by atoms with Crippen LogP contribution in [0.25, 0.3) is 10.9 Å². The Balaban J connectivity index is 2.63. The second-order valence-corrected chi connectivity index (χ2v) is 12.2. The molecule has 0 amide bonds. The van der Waals surface area contributed by atoms with Gasteiger partial charge in [-0.3, -0.25) is 0 Å². The van der Waals surface area contributed by atoms with Crippen molar-refractivity contribution in [3.05, 3.63) is 33.9 Å². The Labute approximate surface area is 176 Å². The Morgan fingerprint density at radius 2 is 1.71 bits per heavy atom. The van der Waals surface area contributed by atoms with Crippen LogP contribution in [0.3, 0.4) is 0 Å². The first-order valence-corrected chi connectivity index (χ1v) is 11.0. The highest BCUT2D eigenvalue weighted by Gasteiger charge is 2.35. The average Bonchev–Trinajstić information content (AvgIpc) is 2.80. The number of nitrogens with one attached hydrogen (secondary N) is 1. The molecule has 1 aromatic heterocycles. The molecule has 1 N–H and O–H groups in total. The quantitative estimate of drug-likeness (QED) is 0.501. The lowest BCUT2D eigenvalue weighted by Gasteiger charge is -2.26. The van der Waals surface area contributed by atoms with Gasteiger partial charge < -0.3 is 9.12 Å². The molecule has 0 saturated carbocycles. The molecule has 1 heterocycles. The molecule has 158 valence electrons. The molecular weight excluding hydrogens is 453 g/mol. The first-order valence-electron chi connectivity index (χ1n) is 9.08. The van der Waals surface area contributed by atoms with E-state index in [0.29, 0.717) is 17.5 Å². The molecule has 2 atom stereocenters. The zero-order valence-electron chi connectivity index (χ0n) is 17.3. The lowest BCUT2D eigenvalue weighted by atomic mass is 9.97. The van der Waals surface area contributed by atoms with Crippen LogP contribution in [0.5, 0.6) is 0 Å². The van der Waals surface area contributed by atoms with Crippen molar-refractivity contribution in [2.24, 2.45) is 5.41 Å². The van der Waals surface area contributed by atoms with Crippen molar-refractivity contribution in [3.8, 4) is 0 Å². The number of aromatic nitrogens is 1. The second kappa shape index (κ2) is 7.85. The van der Waals surface area contributed by atoms with E-state index in [0.717, 1.165) is 5.52 Å². The van der Waals surface area contributed by atoms with Crippen LogP contribution in [0.4, 0.5) is 13.2 Å². The SMILES string of the molecule is C[C@@H](N[S+]([O-])C(C)(C)C)c1cn(CC(C)(C)C)c2cc(Br)c(C(F)(F)F)cc12.